The van der Waals surface area contributed by atoms with Crippen molar-refractivity contribution in [3.8, 4) is 5.69 Å². The fourth-order valence-corrected chi connectivity index (χ4v) is 4.21. The minimum absolute atomic E-state index is 0.0506. The number of imidazole rings is 1. The van der Waals surface area contributed by atoms with Gasteiger partial charge in [0.15, 0.2) is 11.6 Å². The third-order valence-electron chi connectivity index (χ3n) is 4.40. The lowest BCUT2D eigenvalue weighted by Crippen LogP contribution is -2.16. The van der Waals surface area contributed by atoms with Crippen molar-refractivity contribution >= 4 is 26.7 Å². The lowest BCUT2D eigenvalue weighted by Gasteiger charge is -2.13. The van der Waals surface area contributed by atoms with E-state index < -0.39 is 38.6 Å². The molecule has 0 aliphatic heterocycles. The number of fused-ring (bicyclic) bond motifs is 1. The van der Waals surface area contributed by atoms with E-state index in [0.29, 0.717) is 0 Å². The number of para-hydroxylation sites is 2. The molecule has 0 aliphatic rings. The van der Waals surface area contributed by atoms with Crippen LogP contribution < -0.4 is 4.72 Å². The molecule has 0 saturated heterocycles. The Hall–Kier alpha value is -3.47. The molecule has 0 bridgehead atoms. The van der Waals surface area contributed by atoms with Gasteiger partial charge < -0.3 is 0 Å². The minimum Gasteiger partial charge on any atom is -0.289 e. The lowest BCUT2D eigenvalue weighted by atomic mass is 10.2. The smallest absolute Gasteiger partial charge is 0.289 e. The van der Waals surface area contributed by atoms with Crippen molar-refractivity contribution in [2.24, 2.45) is 0 Å². The van der Waals surface area contributed by atoms with E-state index in [4.69, 9.17) is 0 Å². The summed E-state index contributed by atoms with van der Waals surface area (Å²) < 4.78 is 95.4. The summed E-state index contributed by atoms with van der Waals surface area (Å²) in [5, 5.41) is 0. The molecule has 1 N–H and O–H groups in total. The van der Waals surface area contributed by atoms with Crippen LogP contribution in [0.15, 0.2) is 71.6 Å². The number of alkyl halides is 3. The molecule has 0 unspecified atom stereocenters. The van der Waals surface area contributed by atoms with Gasteiger partial charge in [0.2, 0.25) is 5.82 Å². The number of anilines is 1. The maximum atomic E-state index is 13.8. The van der Waals surface area contributed by atoms with E-state index in [1.54, 1.807) is 12.1 Å². The molecule has 1 aromatic heterocycles. The highest BCUT2D eigenvalue weighted by atomic mass is 32.2. The Bertz CT molecular complexity index is 1380. The first kappa shape index (κ1) is 20.8. The Morgan fingerprint density at radius 3 is 2.23 bits per heavy atom. The SMILES string of the molecule is O=S(=O)(Nc1ccc(-n2c(C(F)(F)F)nc3ccccc32)cc1)c1cccc(F)c1F. The third kappa shape index (κ3) is 3.83. The number of benzene rings is 3. The van der Waals surface area contributed by atoms with Crippen LogP contribution in [-0.4, -0.2) is 18.0 Å². The van der Waals surface area contributed by atoms with E-state index in [2.05, 4.69) is 9.71 Å². The number of nitrogens with zero attached hydrogens (tertiary/aromatic N) is 2. The summed E-state index contributed by atoms with van der Waals surface area (Å²) in [5.41, 5.74) is 0.387. The van der Waals surface area contributed by atoms with Crippen LogP contribution in [0, 0.1) is 11.6 Å². The Morgan fingerprint density at radius 2 is 1.55 bits per heavy atom. The molecule has 0 atom stereocenters. The monoisotopic (exact) mass is 453 g/mol. The summed E-state index contributed by atoms with van der Waals surface area (Å²) >= 11 is 0. The van der Waals surface area contributed by atoms with Crippen LogP contribution in [-0.2, 0) is 16.2 Å². The Balaban J connectivity index is 1.72. The van der Waals surface area contributed by atoms with E-state index in [9.17, 15) is 30.4 Å². The average molecular weight is 453 g/mol. The zero-order valence-electron chi connectivity index (χ0n) is 15.4. The van der Waals surface area contributed by atoms with Gasteiger partial charge in [0.05, 0.1) is 11.0 Å². The summed E-state index contributed by atoms with van der Waals surface area (Å²) in [4.78, 5) is 2.76. The number of hydrogen-bond acceptors (Lipinski definition) is 3. The molecule has 1 heterocycles. The van der Waals surface area contributed by atoms with Gasteiger partial charge in [0, 0.05) is 11.4 Å². The van der Waals surface area contributed by atoms with Gasteiger partial charge in [0.1, 0.15) is 4.90 Å². The Labute approximate surface area is 172 Å². The second-order valence-corrected chi connectivity index (χ2v) is 8.11. The van der Waals surface area contributed by atoms with Crippen molar-refractivity contribution < 1.29 is 30.4 Å². The molecule has 4 aromatic rings. The predicted molar refractivity (Wildman–Crippen MR) is 103 cm³/mol. The maximum Gasteiger partial charge on any atom is 0.450 e. The van der Waals surface area contributed by atoms with Crippen molar-refractivity contribution in [1.29, 1.82) is 0 Å². The van der Waals surface area contributed by atoms with Gasteiger partial charge in [-0.05, 0) is 48.5 Å². The van der Waals surface area contributed by atoms with Crippen LogP contribution in [0.5, 0.6) is 0 Å². The number of sulfonamides is 1. The molecule has 0 saturated carbocycles. The average Bonchev–Trinajstić information content (AvgIpc) is 3.10. The first-order chi connectivity index (χ1) is 14.6. The lowest BCUT2D eigenvalue weighted by molar-refractivity contribution is -0.145. The number of nitrogens with one attached hydrogen (secondary N) is 1. The molecule has 4 rings (SSSR count). The maximum absolute atomic E-state index is 13.8. The van der Waals surface area contributed by atoms with E-state index in [1.165, 1.54) is 36.4 Å². The van der Waals surface area contributed by atoms with Gasteiger partial charge in [-0.1, -0.05) is 18.2 Å². The predicted octanol–water partition coefficient (Wildman–Crippen LogP) is 5.12. The van der Waals surface area contributed by atoms with Crippen molar-refractivity contribution in [2.75, 3.05) is 4.72 Å². The van der Waals surface area contributed by atoms with Gasteiger partial charge in [0.25, 0.3) is 10.0 Å². The normalized spacial score (nSPS) is 12.3. The first-order valence-corrected chi connectivity index (χ1v) is 10.2. The summed E-state index contributed by atoms with van der Waals surface area (Å²) in [7, 11) is -4.46. The van der Waals surface area contributed by atoms with Gasteiger partial charge in [-0.25, -0.2) is 22.2 Å². The van der Waals surface area contributed by atoms with Crippen LogP contribution >= 0.6 is 0 Å². The molecule has 0 spiro atoms. The van der Waals surface area contributed by atoms with Gasteiger partial charge in [-0.2, -0.15) is 13.2 Å². The Kier molecular flexibility index (Phi) is 4.92. The number of aromatic nitrogens is 2. The summed E-state index contributed by atoms with van der Waals surface area (Å²) in [6.45, 7) is 0. The summed E-state index contributed by atoms with van der Waals surface area (Å²) in [6.07, 6.45) is -4.73. The molecule has 31 heavy (non-hydrogen) atoms. The van der Waals surface area contributed by atoms with Gasteiger partial charge in [-0.3, -0.25) is 9.29 Å². The fourth-order valence-electron chi connectivity index (χ4n) is 3.06. The Morgan fingerprint density at radius 1 is 0.871 bits per heavy atom. The quantitative estimate of drug-likeness (QED) is 0.436. The fraction of sp³-hybridized carbons (Fsp3) is 0.0500. The van der Waals surface area contributed by atoms with Crippen LogP contribution in [0.3, 0.4) is 0 Å². The minimum atomic E-state index is -4.73. The molecule has 0 radical (unpaired) electrons. The van der Waals surface area contributed by atoms with Crippen LogP contribution in [0.25, 0.3) is 16.7 Å². The molecule has 0 fully saturated rings. The molecule has 3 aromatic carbocycles. The molecule has 0 aliphatic carbocycles. The molecule has 160 valence electrons. The standard InChI is InChI=1S/C20H12F5N3O2S/c21-14-4-3-7-17(18(14)22)31(29,30)27-12-8-10-13(11-9-12)28-16-6-2-1-5-15(16)26-19(28)20(23,24)25/h1-11,27H. The van der Waals surface area contributed by atoms with Gasteiger partial charge in [-0.15, -0.1) is 0 Å². The molecule has 11 heteroatoms. The van der Waals surface area contributed by atoms with Crippen LogP contribution in [0.2, 0.25) is 0 Å². The van der Waals surface area contributed by atoms with E-state index >= 15 is 0 Å². The topological polar surface area (TPSA) is 64.0 Å². The third-order valence-corrected chi connectivity index (χ3v) is 5.80. The molecular formula is C20H12F5N3O2S. The molecular weight excluding hydrogens is 441 g/mol. The second-order valence-electron chi connectivity index (χ2n) is 6.46. The first-order valence-electron chi connectivity index (χ1n) is 8.70. The second kappa shape index (κ2) is 7.34. The largest absolute Gasteiger partial charge is 0.450 e. The highest BCUT2D eigenvalue weighted by Gasteiger charge is 2.38. The van der Waals surface area contributed by atoms with Crippen molar-refractivity contribution in [3.05, 3.63) is 84.2 Å². The van der Waals surface area contributed by atoms with Crippen molar-refractivity contribution in [1.82, 2.24) is 9.55 Å². The highest BCUT2D eigenvalue weighted by molar-refractivity contribution is 7.92. The number of halogens is 5. The van der Waals surface area contributed by atoms with E-state index in [1.807, 2.05) is 0 Å². The van der Waals surface area contributed by atoms with Crippen LogP contribution in [0.1, 0.15) is 5.82 Å². The highest BCUT2D eigenvalue weighted by Crippen LogP contribution is 2.34. The summed E-state index contributed by atoms with van der Waals surface area (Å²) in [6, 6.07) is 13.7. The number of rotatable bonds is 4. The van der Waals surface area contributed by atoms with Crippen molar-refractivity contribution in [2.45, 2.75) is 11.1 Å². The van der Waals surface area contributed by atoms with E-state index in [0.717, 1.165) is 22.8 Å². The van der Waals surface area contributed by atoms with Gasteiger partial charge >= 0.3 is 6.18 Å². The van der Waals surface area contributed by atoms with Crippen LogP contribution in [0.4, 0.5) is 27.6 Å². The molecule has 0 amide bonds. The van der Waals surface area contributed by atoms with E-state index in [-0.39, 0.29) is 22.4 Å². The zero-order valence-corrected chi connectivity index (χ0v) is 16.2. The summed E-state index contributed by atoms with van der Waals surface area (Å²) in [5.74, 6) is -4.00. The number of hydrogen-bond donors (Lipinski definition) is 1. The zero-order chi connectivity index (χ0) is 22.4. The van der Waals surface area contributed by atoms with Crippen molar-refractivity contribution in [3.63, 3.8) is 0 Å². The molecule has 5 nitrogen and oxygen atoms in total.